The zero-order valence-electron chi connectivity index (χ0n) is 6.73. The highest BCUT2D eigenvalue weighted by Crippen LogP contribution is 2.06. The van der Waals surface area contributed by atoms with Gasteiger partial charge >= 0.3 is 5.97 Å². The highest BCUT2D eigenvalue weighted by atomic mass is 32.2. The quantitative estimate of drug-likeness (QED) is 0.604. The number of aliphatic hydroxyl groups is 1. The molecule has 0 aliphatic carbocycles. The van der Waals surface area contributed by atoms with Gasteiger partial charge in [0.1, 0.15) is 0 Å². The van der Waals surface area contributed by atoms with Crippen LogP contribution in [0.4, 0.5) is 0 Å². The Bertz CT molecular complexity index is 243. The SMILES string of the molecule is CCC(C(=O)O)S(=O)(=O)CCO. The van der Waals surface area contributed by atoms with E-state index >= 15 is 0 Å². The van der Waals surface area contributed by atoms with Crippen LogP contribution in [0.25, 0.3) is 0 Å². The normalized spacial score (nSPS) is 14.2. The molecule has 1 unspecified atom stereocenters. The summed E-state index contributed by atoms with van der Waals surface area (Å²) in [6.45, 7) is 0.944. The Morgan fingerprint density at radius 2 is 2.00 bits per heavy atom. The van der Waals surface area contributed by atoms with Gasteiger partial charge in [-0.05, 0) is 6.42 Å². The Morgan fingerprint density at radius 3 is 2.25 bits per heavy atom. The Morgan fingerprint density at radius 1 is 1.50 bits per heavy atom. The van der Waals surface area contributed by atoms with Crippen LogP contribution < -0.4 is 0 Å². The van der Waals surface area contributed by atoms with Crippen molar-refractivity contribution in [1.82, 2.24) is 0 Å². The first-order chi connectivity index (χ1) is 5.45. The van der Waals surface area contributed by atoms with Crippen molar-refractivity contribution in [3.05, 3.63) is 0 Å². The van der Waals surface area contributed by atoms with Crippen LogP contribution in [-0.4, -0.2) is 42.2 Å². The minimum atomic E-state index is -3.67. The first-order valence-electron chi connectivity index (χ1n) is 3.51. The van der Waals surface area contributed by atoms with Gasteiger partial charge in [-0.2, -0.15) is 0 Å². The average Bonchev–Trinajstić information content (AvgIpc) is 1.86. The molecular weight excluding hydrogens is 184 g/mol. The third kappa shape index (κ3) is 2.78. The van der Waals surface area contributed by atoms with Gasteiger partial charge < -0.3 is 10.2 Å². The van der Waals surface area contributed by atoms with E-state index in [1.165, 1.54) is 6.92 Å². The fraction of sp³-hybridized carbons (Fsp3) is 0.833. The van der Waals surface area contributed by atoms with Gasteiger partial charge in [-0.15, -0.1) is 0 Å². The zero-order valence-corrected chi connectivity index (χ0v) is 7.54. The molecular formula is C6H12O5S. The maximum atomic E-state index is 11.1. The Kier molecular flexibility index (Phi) is 4.19. The lowest BCUT2D eigenvalue weighted by Crippen LogP contribution is -2.32. The van der Waals surface area contributed by atoms with Crippen molar-refractivity contribution in [1.29, 1.82) is 0 Å². The van der Waals surface area contributed by atoms with E-state index in [1.54, 1.807) is 0 Å². The second-order valence-corrected chi connectivity index (χ2v) is 4.63. The largest absolute Gasteiger partial charge is 0.480 e. The number of sulfone groups is 1. The molecule has 0 saturated carbocycles. The predicted molar refractivity (Wildman–Crippen MR) is 42.6 cm³/mol. The molecule has 1 atom stereocenters. The van der Waals surface area contributed by atoms with E-state index in [4.69, 9.17) is 10.2 Å². The van der Waals surface area contributed by atoms with E-state index in [9.17, 15) is 13.2 Å². The number of carboxylic acid groups (broad SMARTS) is 1. The second-order valence-electron chi connectivity index (χ2n) is 2.33. The number of aliphatic hydroxyl groups excluding tert-OH is 1. The minimum absolute atomic E-state index is 0.0255. The minimum Gasteiger partial charge on any atom is -0.480 e. The maximum Gasteiger partial charge on any atom is 0.321 e. The van der Waals surface area contributed by atoms with Crippen LogP contribution in [0, 0.1) is 0 Å². The maximum absolute atomic E-state index is 11.1. The van der Waals surface area contributed by atoms with E-state index in [0.29, 0.717) is 0 Å². The van der Waals surface area contributed by atoms with Gasteiger partial charge in [0.25, 0.3) is 0 Å². The second kappa shape index (κ2) is 4.42. The van der Waals surface area contributed by atoms with Crippen molar-refractivity contribution in [3.63, 3.8) is 0 Å². The smallest absolute Gasteiger partial charge is 0.321 e. The summed E-state index contributed by atoms with van der Waals surface area (Å²) in [4.78, 5) is 10.4. The molecule has 0 aliphatic heterocycles. The van der Waals surface area contributed by atoms with E-state index in [1.807, 2.05) is 0 Å². The highest BCUT2D eigenvalue weighted by molar-refractivity contribution is 7.92. The van der Waals surface area contributed by atoms with Crippen LogP contribution >= 0.6 is 0 Å². The number of carbonyl (C=O) groups is 1. The Labute approximate surface area is 70.9 Å². The first kappa shape index (κ1) is 11.4. The summed E-state index contributed by atoms with van der Waals surface area (Å²) in [6, 6.07) is 0. The van der Waals surface area contributed by atoms with E-state index in [-0.39, 0.29) is 6.42 Å². The summed E-state index contributed by atoms with van der Waals surface area (Å²) in [5, 5.41) is 15.4. The van der Waals surface area contributed by atoms with Gasteiger partial charge in [0.2, 0.25) is 0 Å². The summed E-state index contributed by atoms with van der Waals surface area (Å²) in [5.41, 5.74) is 0. The average molecular weight is 196 g/mol. The molecule has 0 bridgehead atoms. The third-order valence-electron chi connectivity index (χ3n) is 1.46. The topological polar surface area (TPSA) is 91.7 Å². The van der Waals surface area contributed by atoms with E-state index in [2.05, 4.69) is 0 Å². The van der Waals surface area contributed by atoms with E-state index < -0.39 is 33.4 Å². The Hall–Kier alpha value is -0.620. The molecule has 0 aromatic carbocycles. The summed E-state index contributed by atoms with van der Waals surface area (Å²) in [6.07, 6.45) is 0.0255. The fourth-order valence-corrected chi connectivity index (χ4v) is 2.21. The molecule has 0 aromatic heterocycles. The molecule has 0 spiro atoms. The van der Waals surface area contributed by atoms with Crippen molar-refractivity contribution in [2.24, 2.45) is 0 Å². The highest BCUT2D eigenvalue weighted by Gasteiger charge is 2.29. The molecule has 0 saturated heterocycles. The number of hydrogen-bond acceptors (Lipinski definition) is 4. The van der Waals surface area contributed by atoms with Crippen LogP contribution in [0.3, 0.4) is 0 Å². The molecule has 0 amide bonds. The number of rotatable bonds is 5. The van der Waals surface area contributed by atoms with Crippen molar-refractivity contribution in [3.8, 4) is 0 Å². The van der Waals surface area contributed by atoms with Crippen LogP contribution in [0.1, 0.15) is 13.3 Å². The van der Waals surface area contributed by atoms with Crippen LogP contribution in [-0.2, 0) is 14.6 Å². The van der Waals surface area contributed by atoms with Gasteiger partial charge in [-0.1, -0.05) is 6.92 Å². The predicted octanol–water partition coefficient (Wildman–Crippen LogP) is -0.743. The summed E-state index contributed by atoms with van der Waals surface area (Å²) < 4.78 is 22.1. The van der Waals surface area contributed by atoms with Crippen LogP contribution in [0.15, 0.2) is 0 Å². The summed E-state index contributed by atoms with van der Waals surface area (Å²) in [5.74, 6) is -1.84. The van der Waals surface area contributed by atoms with Gasteiger partial charge in [-0.3, -0.25) is 4.79 Å². The first-order valence-corrected chi connectivity index (χ1v) is 5.22. The molecule has 0 fully saturated rings. The number of hydrogen-bond donors (Lipinski definition) is 2. The number of aliphatic carboxylic acids is 1. The molecule has 0 heterocycles. The van der Waals surface area contributed by atoms with E-state index in [0.717, 1.165) is 0 Å². The van der Waals surface area contributed by atoms with Gasteiger partial charge in [0, 0.05) is 0 Å². The molecule has 6 heteroatoms. The monoisotopic (exact) mass is 196 g/mol. The number of carboxylic acids is 1. The molecule has 0 aromatic rings. The van der Waals surface area contributed by atoms with Crippen molar-refractivity contribution >= 4 is 15.8 Å². The molecule has 12 heavy (non-hydrogen) atoms. The Balaban J connectivity index is 4.61. The molecule has 0 radical (unpaired) electrons. The molecule has 0 aliphatic rings. The van der Waals surface area contributed by atoms with Crippen LogP contribution in [0.2, 0.25) is 0 Å². The molecule has 5 nitrogen and oxygen atoms in total. The van der Waals surface area contributed by atoms with Crippen LogP contribution in [0.5, 0.6) is 0 Å². The standard InChI is InChI=1S/C6H12O5S/c1-2-5(6(8)9)12(10,11)4-3-7/h5,7H,2-4H2,1H3,(H,8,9). The van der Waals surface area contributed by atoms with Gasteiger partial charge in [0.15, 0.2) is 15.1 Å². The van der Waals surface area contributed by atoms with Crippen molar-refractivity contribution in [2.75, 3.05) is 12.4 Å². The molecule has 72 valence electrons. The lowest BCUT2D eigenvalue weighted by atomic mass is 10.3. The van der Waals surface area contributed by atoms with Gasteiger partial charge in [0.05, 0.1) is 12.4 Å². The van der Waals surface area contributed by atoms with Crippen molar-refractivity contribution in [2.45, 2.75) is 18.6 Å². The third-order valence-corrected chi connectivity index (χ3v) is 3.61. The molecule has 2 N–H and O–H groups in total. The lowest BCUT2D eigenvalue weighted by Gasteiger charge is -2.09. The lowest BCUT2D eigenvalue weighted by molar-refractivity contribution is -0.136. The van der Waals surface area contributed by atoms with Crippen molar-refractivity contribution < 1.29 is 23.4 Å². The van der Waals surface area contributed by atoms with Gasteiger partial charge in [-0.25, -0.2) is 8.42 Å². The fourth-order valence-electron chi connectivity index (χ4n) is 0.852. The summed E-state index contributed by atoms with van der Waals surface area (Å²) in [7, 11) is -3.67. The zero-order chi connectivity index (χ0) is 9.78. The molecule has 0 rings (SSSR count). The summed E-state index contributed by atoms with van der Waals surface area (Å²) >= 11 is 0.